The van der Waals surface area contributed by atoms with Crippen LogP contribution in [-0.2, 0) is 10.0 Å². The summed E-state index contributed by atoms with van der Waals surface area (Å²) in [6.07, 6.45) is 1.60. The molecular formula is C22H20ClFN6O3S. The summed E-state index contributed by atoms with van der Waals surface area (Å²) in [7, 11) is 0.578. The summed E-state index contributed by atoms with van der Waals surface area (Å²) in [6, 6.07) is 9.82. The molecule has 0 radical (unpaired) electrons. The predicted octanol–water partition coefficient (Wildman–Crippen LogP) is 4.38. The topological polar surface area (TPSA) is 118 Å². The first-order valence-corrected chi connectivity index (χ1v) is 11.8. The van der Waals surface area contributed by atoms with Crippen molar-refractivity contribution in [1.82, 2.24) is 15.0 Å². The number of sulfonamides is 1. The van der Waals surface area contributed by atoms with Crippen molar-refractivity contribution in [3.63, 3.8) is 0 Å². The fourth-order valence-electron chi connectivity index (χ4n) is 3.37. The lowest BCUT2D eigenvalue weighted by Gasteiger charge is -2.14. The van der Waals surface area contributed by atoms with Crippen molar-refractivity contribution in [2.45, 2.75) is 4.90 Å². The van der Waals surface area contributed by atoms with Crippen LogP contribution in [0.5, 0.6) is 5.75 Å². The van der Waals surface area contributed by atoms with Gasteiger partial charge in [-0.25, -0.2) is 22.8 Å². The number of methoxy groups -OCH3 is 1. The van der Waals surface area contributed by atoms with Gasteiger partial charge in [-0.1, -0.05) is 11.6 Å². The molecule has 2 aromatic heterocycles. The minimum Gasteiger partial charge on any atom is -0.495 e. The average Bonchev–Trinajstić information content (AvgIpc) is 2.82. The van der Waals surface area contributed by atoms with Gasteiger partial charge in [-0.05, 0) is 48.0 Å². The molecule has 0 saturated heterocycles. The third-order valence-electron chi connectivity index (χ3n) is 4.91. The van der Waals surface area contributed by atoms with Crippen LogP contribution in [0.4, 0.5) is 21.8 Å². The lowest BCUT2D eigenvalue weighted by molar-refractivity contribution is 0.403. The molecular weight excluding hydrogens is 483 g/mol. The van der Waals surface area contributed by atoms with Crippen molar-refractivity contribution in [3.8, 4) is 16.9 Å². The maximum absolute atomic E-state index is 14.6. The highest BCUT2D eigenvalue weighted by Gasteiger charge is 2.21. The van der Waals surface area contributed by atoms with E-state index in [9.17, 15) is 12.8 Å². The highest BCUT2D eigenvalue weighted by molar-refractivity contribution is 7.92. The quantitative estimate of drug-likeness (QED) is 0.341. The molecule has 0 unspecified atom stereocenters. The largest absolute Gasteiger partial charge is 0.495 e. The Morgan fingerprint density at radius 3 is 2.53 bits per heavy atom. The van der Waals surface area contributed by atoms with Crippen LogP contribution >= 0.6 is 11.6 Å². The Hall–Kier alpha value is -3.70. The van der Waals surface area contributed by atoms with Gasteiger partial charge in [-0.3, -0.25) is 4.72 Å². The Morgan fingerprint density at radius 1 is 1.03 bits per heavy atom. The second-order valence-electron chi connectivity index (χ2n) is 7.12. The Balaban J connectivity index is 1.79. The van der Waals surface area contributed by atoms with Crippen molar-refractivity contribution in [1.29, 1.82) is 0 Å². The van der Waals surface area contributed by atoms with E-state index in [2.05, 4.69) is 30.3 Å². The molecule has 0 atom stereocenters. The minimum absolute atomic E-state index is 0.0148. The van der Waals surface area contributed by atoms with Crippen molar-refractivity contribution in [2.75, 3.05) is 36.6 Å². The predicted molar refractivity (Wildman–Crippen MR) is 131 cm³/mol. The number of ether oxygens (including phenoxy) is 1. The van der Waals surface area contributed by atoms with E-state index in [1.165, 1.54) is 37.4 Å². The third-order valence-corrected chi connectivity index (χ3v) is 6.54. The molecule has 2 heterocycles. The number of aromatic nitrogens is 3. The van der Waals surface area contributed by atoms with Gasteiger partial charge < -0.3 is 15.4 Å². The van der Waals surface area contributed by atoms with Crippen molar-refractivity contribution in [3.05, 3.63) is 59.5 Å². The van der Waals surface area contributed by atoms with Crippen LogP contribution < -0.4 is 20.1 Å². The van der Waals surface area contributed by atoms with Crippen LogP contribution in [0.2, 0.25) is 5.02 Å². The van der Waals surface area contributed by atoms with Gasteiger partial charge >= 0.3 is 0 Å². The summed E-state index contributed by atoms with van der Waals surface area (Å²) >= 11 is 5.98. The smallest absolute Gasteiger partial charge is 0.265 e. The fourth-order valence-corrected chi connectivity index (χ4v) is 4.84. The normalized spacial score (nSPS) is 11.3. The van der Waals surface area contributed by atoms with Crippen molar-refractivity contribution >= 4 is 50.1 Å². The molecule has 0 saturated carbocycles. The van der Waals surface area contributed by atoms with E-state index in [1.807, 2.05) is 0 Å². The zero-order valence-electron chi connectivity index (χ0n) is 18.3. The summed E-state index contributed by atoms with van der Waals surface area (Å²) in [5.41, 5.74) is 1.39. The molecule has 0 aliphatic heterocycles. The number of pyridine rings is 1. The number of fused-ring (bicyclic) bond motifs is 1. The van der Waals surface area contributed by atoms with Crippen molar-refractivity contribution in [2.24, 2.45) is 0 Å². The summed E-state index contributed by atoms with van der Waals surface area (Å²) in [6.45, 7) is 0. The lowest BCUT2D eigenvalue weighted by atomic mass is 10.0. The van der Waals surface area contributed by atoms with E-state index in [1.54, 1.807) is 26.4 Å². The first-order valence-electron chi connectivity index (χ1n) is 9.94. The molecule has 9 nitrogen and oxygen atoms in total. The van der Waals surface area contributed by atoms with E-state index in [4.69, 9.17) is 16.3 Å². The van der Waals surface area contributed by atoms with Gasteiger partial charge in [0, 0.05) is 36.3 Å². The first-order chi connectivity index (χ1) is 16.2. The second-order valence-corrected chi connectivity index (χ2v) is 9.21. The molecule has 0 aliphatic rings. The molecule has 0 bridgehead atoms. The molecule has 0 spiro atoms. The van der Waals surface area contributed by atoms with Crippen LogP contribution in [0.3, 0.4) is 0 Å². The standard InChI is InChI=1S/C22H20ClFN6O3S/c1-25-21-17(8-13-11-27-22(26-2)29-20(13)28-21)12-6-15(24)10-16(7-12)30-34(31,32)19-9-14(23)4-5-18(19)33-3/h4-11,30H,1-3H3,(H2,25,26,27,28,29). The molecule has 4 rings (SSSR count). The monoisotopic (exact) mass is 502 g/mol. The van der Waals surface area contributed by atoms with E-state index in [-0.39, 0.29) is 21.4 Å². The van der Waals surface area contributed by atoms with E-state index in [0.29, 0.717) is 33.9 Å². The first kappa shape index (κ1) is 23.5. The summed E-state index contributed by atoms with van der Waals surface area (Å²) in [5, 5.41) is 6.67. The number of benzene rings is 2. The maximum Gasteiger partial charge on any atom is 0.265 e. The molecule has 4 aromatic rings. The van der Waals surface area contributed by atoms with Gasteiger partial charge in [-0.15, -0.1) is 0 Å². The third kappa shape index (κ3) is 4.66. The van der Waals surface area contributed by atoms with Crippen LogP contribution in [0.25, 0.3) is 22.2 Å². The highest BCUT2D eigenvalue weighted by Crippen LogP contribution is 2.34. The Labute approximate surface area is 200 Å². The van der Waals surface area contributed by atoms with E-state index >= 15 is 0 Å². The van der Waals surface area contributed by atoms with Crippen LogP contribution in [0.1, 0.15) is 0 Å². The number of hydrogen-bond acceptors (Lipinski definition) is 8. The molecule has 34 heavy (non-hydrogen) atoms. The Kier molecular flexibility index (Phi) is 6.40. The molecule has 0 aliphatic carbocycles. The zero-order valence-corrected chi connectivity index (χ0v) is 19.9. The van der Waals surface area contributed by atoms with Crippen LogP contribution in [0.15, 0.2) is 53.6 Å². The van der Waals surface area contributed by atoms with Gasteiger partial charge in [0.2, 0.25) is 5.95 Å². The fraction of sp³-hybridized carbons (Fsp3) is 0.136. The molecule has 12 heteroatoms. The van der Waals surface area contributed by atoms with Crippen LogP contribution in [-0.4, -0.2) is 44.6 Å². The maximum atomic E-state index is 14.6. The number of nitrogens with one attached hydrogen (secondary N) is 3. The van der Waals surface area contributed by atoms with Gasteiger partial charge in [0.05, 0.1) is 12.8 Å². The Morgan fingerprint density at radius 2 is 1.82 bits per heavy atom. The molecule has 2 aromatic carbocycles. The average molecular weight is 503 g/mol. The minimum atomic E-state index is -4.14. The number of nitrogens with zero attached hydrogens (tertiary/aromatic N) is 3. The molecule has 0 amide bonds. The highest BCUT2D eigenvalue weighted by atomic mass is 35.5. The van der Waals surface area contributed by atoms with E-state index < -0.39 is 15.8 Å². The summed E-state index contributed by atoms with van der Waals surface area (Å²) in [4.78, 5) is 12.8. The second kappa shape index (κ2) is 9.27. The van der Waals surface area contributed by atoms with Gasteiger partial charge in [0.25, 0.3) is 10.0 Å². The summed E-state index contributed by atoms with van der Waals surface area (Å²) < 4.78 is 48.2. The SMILES string of the molecule is CNc1ncc2cc(-c3cc(F)cc(NS(=O)(=O)c4cc(Cl)ccc4OC)c3)c(NC)nc2n1. The number of anilines is 3. The lowest BCUT2D eigenvalue weighted by Crippen LogP contribution is -2.14. The molecule has 176 valence electrons. The molecule has 3 N–H and O–H groups in total. The molecule has 0 fully saturated rings. The number of hydrogen-bond donors (Lipinski definition) is 3. The van der Waals surface area contributed by atoms with Gasteiger partial charge in [-0.2, -0.15) is 4.98 Å². The Bertz CT molecular complexity index is 1500. The summed E-state index contributed by atoms with van der Waals surface area (Å²) in [5.74, 6) is 0.306. The van der Waals surface area contributed by atoms with Crippen molar-refractivity contribution < 1.29 is 17.5 Å². The zero-order chi connectivity index (χ0) is 24.5. The van der Waals surface area contributed by atoms with Gasteiger partial charge in [0.1, 0.15) is 22.3 Å². The van der Waals surface area contributed by atoms with E-state index in [0.717, 1.165) is 6.07 Å². The number of halogens is 2. The number of rotatable bonds is 7. The van der Waals surface area contributed by atoms with Gasteiger partial charge in [0.15, 0.2) is 5.65 Å². The van der Waals surface area contributed by atoms with Crippen LogP contribution in [0, 0.1) is 5.82 Å².